The number of likely N-dealkylation sites (N-methyl/N-ethyl adjacent to an activating group) is 1. The smallest absolute Gasteiger partial charge is 0.262 e. The first-order valence-electron chi connectivity index (χ1n) is 5.72. The molecule has 0 aliphatic carbocycles. The Balaban J connectivity index is 2.54. The minimum atomic E-state index is 0.292. The van der Waals surface area contributed by atoms with Crippen LogP contribution < -0.4 is 15.2 Å². The van der Waals surface area contributed by atoms with E-state index in [1.165, 1.54) is 13.4 Å². The fourth-order valence-corrected chi connectivity index (χ4v) is 1.48. The van der Waals surface area contributed by atoms with Gasteiger partial charge in [-0.3, -0.25) is 0 Å². The lowest BCUT2D eigenvalue weighted by Crippen LogP contribution is -2.28. The minimum absolute atomic E-state index is 0.292. The Labute approximate surface area is 102 Å². The highest BCUT2D eigenvalue weighted by Crippen LogP contribution is 2.28. The molecule has 6 heteroatoms. The Morgan fingerprint density at radius 2 is 2.00 bits per heavy atom. The van der Waals surface area contributed by atoms with Crippen molar-refractivity contribution in [3.63, 3.8) is 0 Å². The van der Waals surface area contributed by atoms with E-state index >= 15 is 0 Å². The zero-order valence-corrected chi connectivity index (χ0v) is 10.6. The lowest BCUT2D eigenvalue weighted by atomic mass is 10.5. The highest BCUT2D eigenvalue weighted by Gasteiger charge is 2.10. The van der Waals surface area contributed by atoms with Gasteiger partial charge in [-0.1, -0.05) is 13.8 Å². The molecule has 1 aromatic rings. The van der Waals surface area contributed by atoms with Gasteiger partial charge >= 0.3 is 0 Å². The lowest BCUT2D eigenvalue weighted by molar-refractivity contribution is 0.211. The lowest BCUT2D eigenvalue weighted by Gasteiger charge is -2.18. The van der Waals surface area contributed by atoms with Crippen molar-refractivity contribution in [3.8, 4) is 11.6 Å². The van der Waals surface area contributed by atoms with Gasteiger partial charge in [-0.2, -0.15) is 4.98 Å². The molecule has 0 unspecified atom stereocenters. The normalized spacial score (nSPS) is 10.6. The average molecular weight is 240 g/mol. The van der Waals surface area contributed by atoms with Crippen LogP contribution in [0.3, 0.4) is 0 Å². The van der Waals surface area contributed by atoms with Crippen molar-refractivity contribution in [2.75, 3.05) is 39.1 Å². The summed E-state index contributed by atoms with van der Waals surface area (Å²) in [5.74, 6) is 1.08. The number of nitrogen functional groups attached to an aromatic ring is 1. The standard InChI is InChI=1S/C11H20N4O2/c1-4-15(5-2)6-7-17-11-9(16-3)10(12)13-8-14-11/h8H,4-7H2,1-3H3,(H2,12,13,14). The second kappa shape index (κ2) is 6.90. The van der Waals surface area contributed by atoms with Crippen LogP contribution in [0.5, 0.6) is 11.6 Å². The predicted molar refractivity (Wildman–Crippen MR) is 66.3 cm³/mol. The fourth-order valence-electron chi connectivity index (χ4n) is 1.48. The molecule has 0 bridgehead atoms. The van der Waals surface area contributed by atoms with Gasteiger partial charge in [0.05, 0.1) is 7.11 Å². The van der Waals surface area contributed by atoms with E-state index < -0.39 is 0 Å². The van der Waals surface area contributed by atoms with Crippen LogP contribution in [0.1, 0.15) is 13.8 Å². The number of nitrogens with zero attached hydrogens (tertiary/aromatic N) is 3. The van der Waals surface area contributed by atoms with Crippen LogP contribution in [-0.2, 0) is 0 Å². The summed E-state index contributed by atoms with van der Waals surface area (Å²) in [5.41, 5.74) is 5.65. The van der Waals surface area contributed by atoms with Gasteiger partial charge in [-0.05, 0) is 13.1 Å². The zero-order chi connectivity index (χ0) is 12.7. The van der Waals surface area contributed by atoms with Crippen LogP contribution in [0, 0.1) is 0 Å². The third kappa shape index (κ3) is 3.74. The molecular formula is C11H20N4O2. The summed E-state index contributed by atoms with van der Waals surface area (Å²) in [6.45, 7) is 7.64. The van der Waals surface area contributed by atoms with Crippen LogP contribution >= 0.6 is 0 Å². The van der Waals surface area contributed by atoms with Gasteiger partial charge in [0.15, 0.2) is 5.82 Å². The molecule has 17 heavy (non-hydrogen) atoms. The van der Waals surface area contributed by atoms with Gasteiger partial charge < -0.3 is 20.1 Å². The minimum Gasteiger partial charge on any atom is -0.489 e. The highest BCUT2D eigenvalue weighted by atomic mass is 16.5. The van der Waals surface area contributed by atoms with Gasteiger partial charge in [0, 0.05) is 6.54 Å². The van der Waals surface area contributed by atoms with Crippen molar-refractivity contribution < 1.29 is 9.47 Å². The quantitative estimate of drug-likeness (QED) is 0.759. The Kier molecular flexibility index (Phi) is 5.48. The Morgan fingerprint density at radius 1 is 1.29 bits per heavy atom. The molecule has 1 rings (SSSR count). The number of nitrogens with two attached hydrogens (primary N) is 1. The Hall–Kier alpha value is -1.56. The molecule has 0 fully saturated rings. The third-order valence-electron chi connectivity index (χ3n) is 2.54. The molecule has 0 aromatic carbocycles. The number of methoxy groups -OCH3 is 1. The molecule has 0 amide bonds. The molecule has 1 aromatic heterocycles. The molecule has 0 aliphatic heterocycles. The molecule has 96 valence electrons. The number of ether oxygens (including phenoxy) is 2. The van der Waals surface area contributed by atoms with Crippen molar-refractivity contribution in [1.29, 1.82) is 0 Å². The summed E-state index contributed by atoms with van der Waals surface area (Å²) >= 11 is 0. The molecule has 0 atom stereocenters. The molecule has 0 spiro atoms. The van der Waals surface area contributed by atoms with Crippen molar-refractivity contribution in [1.82, 2.24) is 14.9 Å². The molecular weight excluding hydrogens is 220 g/mol. The molecule has 6 nitrogen and oxygen atoms in total. The summed E-state index contributed by atoms with van der Waals surface area (Å²) < 4.78 is 10.6. The highest BCUT2D eigenvalue weighted by molar-refractivity contribution is 5.51. The maximum atomic E-state index is 5.65. The van der Waals surface area contributed by atoms with Crippen molar-refractivity contribution >= 4 is 5.82 Å². The molecule has 0 saturated heterocycles. The molecule has 0 aliphatic rings. The van der Waals surface area contributed by atoms with Crippen LogP contribution in [0.4, 0.5) is 5.82 Å². The largest absolute Gasteiger partial charge is 0.489 e. The molecule has 0 saturated carbocycles. The van der Waals surface area contributed by atoms with Gasteiger partial charge in [0.1, 0.15) is 12.9 Å². The van der Waals surface area contributed by atoms with Gasteiger partial charge in [-0.15, -0.1) is 0 Å². The summed E-state index contributed by atoms with van der Waals surface area (Å²) in [6, 6.07) is 0. The number of hydrogen-bond acceptors (Lipinski definition) is 6. The summed E-state index contributed by atoms with van der Waals surface area (Å²) in [7, 11) is 1.52. The van der Waals surface area contributed by atoms with E-state index in [-0.39, 0.29) is 0 Å². The number of anilines is 1. The maximum Gasteiger partial charge on any atom is 0.262 e. The summed E-state index contributed by atoms with van der Waals surface area (Å²) in [5, 5.41) is 0. The second-order valence-electron chi connectivity index (χ2n) is 3.47. The third-order valence-corrected chi connectivity index (χ3v) is 2.54. The molecule has 0 radical (unpaired) electrons. The average Bonchev–Trinajstić information content (AvgIpc) is 2.35. The van der Waals surface area contributed by atoms with E-state index in [0.29, 0.717) is 24.1 Å². The fraction of sp³-hybridized carbons (Fsp3) is 0.636. The zero-order valence-electron chi connectivity index (χ0n) is 10.6. The van der Waals surface area contributed by atoms with Gasteiger partial charge in [0.25, 0.3) is 5.88 Å². The Morgan fingerprint density at radius 3 is 2.59 bits per heavy atom. The summed E-state index contributed by atoms with van der Waals surface area (Å²) in [6.07, 6.45) is 1.37. The summed E-state index contributed by atoms with van der Waals surface area (Å²) in [4.78, 5) is 10.1. The van der Waals surface area contributed by atoms with E-state index in [1.807, 2.05) is 0 Å². The second-order valence-corrected chi connectivity index (χ2v) is 3.47. The predicted octanol–water partition coefficient (Wildman–Crippen LogP) is 0.788. The number of hydrogen-bond donors (Lipinski definition) is 1. The van der Waals surface area contributed by atoms with Crippen LogP contribution in [-0.4, -0.2) is 48.2 Å². The van der Waals surface area contributed by atoms with Crippen LogP contribution in [0.15, 0.2) is 6.33 Å². The first-order chi connectivity index (χ1) is 8.22. The van der Waals surface area contributed by atoms with Crippen LogP contribution in [0.25, 0.3) is 0 Å². The SMILES string of the molecule is CCN(CC)CCOc1ncnc(N)c1OC. The first-order valence-corrected chi connectivity index (χ1v) is 5.72. The first kappa shape index (κ1) is 13.5. The van der Waals surface area contributed by atoms with E-state index in [9.17, 15) is 0 Å². The van der Waals surface area contributed by atoms with E-state index in [1.54, 1.807) is 0 Å². The van der Waals surface area contributed by atoms with Crippen molar-refractivity contribution in [2.24, 2.45) is 0 Å². The molecule has 1 heterocycles. The number of rotatable bonds is 7. The van der Waals surface area contributed by atoms with Crippen LogP contribution in [0.2, 0.25) is 0 Å². The van der Waals surface area contributed by atoms with Crippen molar-refractivity contribution in [2.45, 2.75) is 13.8 Å². The van der Waals surface area contributed by atoms with E-state index in [0.717, 1.165) is 19.6 Å². The number of aromatic nitrogens is 2. The van der Waals surface area contributed by atoms with Gasteiger partial charge in [-0.25, -0.2) is 4.98 Å². The van der Waals surface area contributed by atoms with E-state index in [2.05, 4.69) is 28.7 Å². The molecule has 2 N–H and O–H groups in total. The Bertz CT molecular complexity index is 342. The van der Waals surface area contributed by atoms with Gasteiger partial charge in [0.2, 0.25) is 5.75 Å². The monoisotopic (exact) mass is 240 g/mol. The maximum absolute atomic E-state index is 5.65. The van der Waals surface area contributed by atoms with E-state index in [4.69, 9.17) is 15.2 Å². The topological polar surface area (TPSA) is 73.5 Å². The van der Waals surface area contributed by atoms with Crippen molar-refractivity contribution in [3.05, 3.63) is 6.33 Å².